The topological polar surface area (TPSA) is 75.2 Å². The molecule has 108 valence electrons. The van der Waals surface area contributed by atoms with E-state index in [4.69, 9.17) is 15.2 Å². The highest BCUT2D eigenvalue weighted by Crippen LogP contribution is 2.31. The molecule has 0 bridgehead atoms. The summed E-state index contributed by atoms with van der Waals surface area (Å²) in [4.78, 5) is 4.22. The van der Waals surface area contributed by atoms with Crippen LogP contribution in [0, 0.1) is 0 Å². The number of methoxy groups -OCH3 is 1. The SMILES string of the molecule is CCCn1ncnc1COc1c(CN)cccc1OC. The number of nitrogens with zero attached hydrogens (tertiary/aromatic N) is 3. The van der Waals surface area contributed by atoms with Crippen molar-refractivity contribution in [3.8, 4) is 11.5 Å². The lowest BCUT2D eigenvalue weighted by atomic mass is 10.2. The second-order valence-electron chi connectivity index (χ2n) is 4.34. The van der Waals surface area contributed by atoms with Gasteiger partial charge in [0, 0.05) is 18.7 Å². The molecule has 0 saturated heterocycles. The number of aromatic nitrogens is 3. The predicted molar refractivity (Wildman–Crippen MR) is 75.5 cm³/mol. The summed E-state index contributed by atoms with van der Waals surface area (Å²) in [7, 11) is 1.61. The lowest BCUT2D eigenvalue weighted by molar-refractivity contribution is 0.266. The monoisotopic (exact) mass is 276 g/mol. The fourth-order valence-corrected chi connectivity index (χ4v) is 1.98. The molecule has 1 heterocycles. The molecule has 2 rings (SSSR count). The molecular formula is C14H20N4O2. The Hall–Kier alpha value is -2.08. The molecule has 2 N–H and O–H groups in total. The van der Waals surface area contributed by atoms with Crippen molar-refractivity contribution >= 4 is 0 Å². The van der Waals surface area contributed by atoms with E-state index < -0.39 is 0 Å². The van der Waals surface area contributed by atoms with Gasteiger partial charge in [0.15, 0.2) is 17.3 Å². The van der Waals surface area contributed by atoms with E-state index in [1.807, 2.05) is 22.9 Å². The number of aryl methyl sites for hydroxylation is 1. The quantitative estimate of drug-likeness (QED) is 0.833. The van der Waals surface area contributed by atoms with E-state index in [9.17, 15) is 0 Å². The zero-order chi connectivity index (χ0) is 14.4. The second kappa shape index (κ2) is 6.91. The minimum Gasteiger partial charge on any atom is -0.493 e. The second-order valence-corrected chi connectivity index (χ2v) is 4.34. The largest absolute Gasteiger partial charge is 0.493 e. The van der Waals surface area contributed by atoms with Gasteiger partial charge < -0.3 is 15.2 Å². The van der Waals surface area contributed by atoms with Gasteiger partial charge in [-0.25, -0.2) is 9.67 Å². The van der Waals surface area contributed by atoms with Gasteiger partial charge >= 0.3 is 0 Å². The molecule has 0 fully saturated rings. The van der Waals surface area contributed by atoms with Crippen LogP contribution in [-0.4, -0.2) is 21.9 Å². The molecular weight excluding hydrogens is 256 g/mol. The minimum atomic E-state index is 0.341. The van der Waals surface area contributed by atoms with Crippen molar-refractivity contribution in [2.24, 2.45) is 5.73 Å². The summed E-state index contributed by atoms with van der Waals surface area (Å²) < 4.78 is 13.0. The maximum absolute atomic E-state index is 5.85. The maximum atomic E-state index is 5.85. The van der Waals surface area contributed by atoms with Gasteiger partial charge in [-0.05, 0) is 12.5 Å². The summed E-state index contributed by atoms with van der Waals surface area (Å²) in [6, 6.07) is 5.67. The van der Waals surface area contributed by atoms with Gasteiger partial charge in [0.1, 0.15) is 12.9 Å². The first-order valence-corrected chi connectivity index (χ1v) is 6.65. The van der Waals surface area contributed by atoms with Crippen molar-refractivity contribution < 1.29 is 9.47 Å². The zero-order valence-electron chi connectivity index (χ0n) is 11.9. The van der Waals surface area contributed by atoms with Crippen molar-refractivity contribution in [3.63, 3.8) is 0 Å². The van der Waals surface area contributed by atoms with Crippen LogP contribution < -0.4 is 15.2 Å². The molecule has 0 aliphatic heterocycles. The summed E-state index contributed by atoms with van der Waals surface area (Å²) in [5.41, 5.74) is 6.64. The summed E-state index contributed by atoms with van der Waals surface area (Å²) >= 11 is 0. The molecule has 2 aromatic rings. The Morgan fingerprint density at radius 3 is 2.90 bits per heavy atom. The Balaban J connectivity index is 2.16. The number of hydrogen-bond donors (Lipinski definition) is 1. The van der Waals surface area contributed by atoms with Gasteiger partial charge in [-0.3, -0.25) is 0 Å². The number of benzene rings is 1. The maximum Gasteiger partial charge on any atom is 0.166 e. The Kier molecular flexibility index (Phi) is 4.95. The highest BCUT2D eigenvalue weighted by atomic mass is 16.5. The van der Waals surface area contributed by atoms with Crippen LogP contribution in [0.15, 0.2) is 24.5 Å². The highest BCUT2D eigenvalue weighted by molar-refractivity contribution is 5.46. The summed E-state index contributed by atoms with van der Waals surface area (Å²) in [6.45, 7) is 3.66. The number of para-hydroxylation sites is 1. The molecule has 0 saturated carbocycles. The standard InChI is InChI=1S/C14H20N4O2/c1-3-7-18-13(16-10-17-18)9-20-14-11(8-15)5-4-6-12(14)19-2/h4-6,10H,3,7-9,15H2,1-2H3. The Morgan fingerprint density at radius 1 is 1.35 bits per heavy atom. The van der Waals surface area contributed by atoms with Gasteiger partial charge in [0.05, 0.1) is 7.11 Å². The molecule has 0 unspecified atom stereocenters. The van der Waals surface area contributed by atoms with Crippen LogP contribution in [0.4, 0.5) is 0 Å². The van der Waals surface area contributed by atoms with E-state index >= 15 is 0 Å². The van der Waals surface area contributed by atoms with Crippen LogP contribution in [0.3, 0.4) is 0 Å². The van der Waals surface area contributed by atoms with Crippen molar-refractivity contribution in [1.82, 2.24) is 14.8 Å². The molecule has 1 aromatic heterocycles. The van der Waals surface area contributed by atoms with Crippen molar-refractivity contribution in [3.05, 3.63) is 35.9 Å². The van der Waals surface area contributed by atoms with Crippen molar-refractivity contribution in [2.75, 3.05) is 7.11 Å². The molecule has 1 aromatic carbocycles. The van der Waals surface area contributed by atoms with Crippen molar-refractivity contribution in [1.29, 1.82) is 0 Å². The van der Waals surface area contributed by atoms with Gasteiger partial charge in [-0.15, -0.1) is 0 Å². The molecule has 0 atom stereocenters. The highest BCUT2D eigenvalue weighted by Gasteiger charge is 2.11. The molecule has 0 aliphatic carbocycles. The lowest BCUT2D eigenvalue weighted by Gasteiger charge is -2.14. The summed E-state index contributed by atoms with van der Waals surface area (Å²) in [5.74, 6) is 2.14. The van der Waals surface area contributed by atoms with Crippen LogP contribution in [0.5, 0.6) is 11.5 Å². The average molecular weight is 276 g/mol. The van der Waals surface area contributed by atoms with Crippen LogP contribution in [0.2, 0.25) is 0 Å². The third kappa shape index (κ3) is 3.08. The zero-order valence-corrected chi connectivity index (χ0v) is 11.9. The predicted octanol–water partition coefficient (Wildman–Crippen LogP) is 1.73. The smallest absolute Gasteiger partial charge is 0.166 e. The van der Waals surface area contributed by atoms with Gasteiger partial charge in [-0.2, -0.15) is 5.10 Å². The lowest BCUT2D eigenvalue weighted by Crippen LogP contribution is -2.10. The molecule has 0 radical (unpaired) electrons. The first-order chi connectivity index (χ1) is 9.80. The third-order valence-electron chi connectivity index (χ3n) is 2.98. The Bertz CT molecular complexity index is 532. The number of rotatable bonds is 7. The van der Waals surface area contributed by atoms with Crippen molar-refractivity contribution in [2.45, 2.75) is 33.0 Å². The fraction of sp³-hybridized carbons (Fsp3) is 0.429. The third-order valence-corrected chi connectivity index (χ3v) is 2.98. The van der Waals surface area contributed by atoms with Crippen LogP contribution >= 0.6 is 0 Å². The van der Waals surface area contributed by atoms with Gasteiger partial charge in [-0.1, -0.05) is 19.1 Å². The molecule has 0 spiro atoms. The number of nitrogens with two attached hydrogens (primary N) is 1. The van der Waals surface area contributed by atoms with E-state index in [1.165, 1.54) is 0 Å². The average Bonchev–Trinajstić information content (AvgIpc) is 2.92. The van der Waals surface area contributed by atoms with E-state index in [1.54, 1.807) is 13.4 Å². The first-order valence-electron chi connectivity index (χ1n) is 6.65. The Morgan fingerprint density at radius 2 is 2.20 bits per heavy atom. The van der Waals surface area contributed by atoms with E-state index in [2.05, 4.69) is 17.0 Å². The Labute approximate surface area is 118 Å². The molecule has 0 aliphatic rings. The van der Waals surface area contributed by atoms with Gasteiger partial charge in [0.25, 0.3) is 0 Å². The molecule has 6 nitrogen and oxygen atoms in total. The number of ether oxygens (including phenoxy) is 2. The molecule has 0 amide bonds. The van der Waals surface area contributed by atoms with E-state index in [0.717, 1.165) is 24.4 Å². The molecule has 20 heavy (non-hydrogen) atoms. The summed E-state index contributed by atoms with van der Waals surface area (Å²) in [6.07, 6.45) is 2.54. The first kappa shape index (κ1) is 14.3. The van der Waals surface area contributed by atoms with Crippen LogP contribution in [0.1, 0.15) is 24.7 Å². The molecule has 6 heteroatoms. The van der Waals surface area contributed by atoms with E-state index in [0.29, 0.717) is 24.7 Å². The van der Waals surface area contributed by atoms with Crippen LogP contribution in [0.25, 0.3) is 0 Å². The summed E-state index contributed by atoms with van der Waals surface area (Å²) in [5, 5.41) is 4.17. The number of hydrogen-bond acceptors (Lipinski definition) is 5. The van der Waals surface area contributed by atoms with Crippen LogP contribution in [-0.2, 0) is 19.7 Å². The van der Waals surface area contributed by atoms with Gasteiger partial charge in [0.2, 0.25) is 0 Å². The normalized spacial score (nSPS) is 10.6. The minimum absolute atomic E-state index is 0.341. The van der Waals surface area contributed by atoms with E-state index in [-0.39, 0.29) is 0 Å². The fourth-order valence-electron chi connectivity index (χ4n) is 1.98.